The maximum absolute atomic E-state index is 4.83. The molecule has 1 heterocycles. The Hall–Kier alpha value is -2.52. The molecule has 0 amide bonds. The summed E-state index contributed by atoms with van der Waals surface area (Å²) in [6.45, 7) is 15.8. The summed E-state index contributed by atoms with van der Waals surface area (Å²) in [6.07, 6.45) is 13.6. The molecule has 0 radical (unpaired) electrons. The third-order valence-corrected chi connectivity index (χ3v) is 3.77. The van der Waals surface area contributed by atoms with E-state index in [1.807, 2.05) is 88.4 Å². The van der Waals surface area contributed by atoms with Gasteiger partial charge in [-0.2, -0.15) is 0 Å². The number of nitrogens with zero attached hydrogens (tertiary/aromatic N) is 2. The van der Waals surface area contributed by atoms with E-state index in [-0.39, 0.29) is 0 Å². The molecule has 0 aliphatic rings. The quantitative estimate of drug-likeness (QED) is 0.426. The van der Waals surface area contributed by atoms with Crippen LogP contribution in [-0.4, -0.2) is 9.55 Å². The van der Waals surface area contributed by atoms with E-state index >= 15 is 0 Å². The first-order chi connectivity index (χ1) is 12.7. The van der Waals surface area contributed by atoms with Gasteiger partial charge in [0, 0.05) is 16.2 Å². The minimum Gasteiger partial charge on any atom is -0.292 e. The van der Waals surface area contributed by atoms with Crippen LogP contribution in [0.3, 0.4) is 0 Å². The van der Waals surface area contributed by atoms with E-state index in [4.69, 9.17) is 4.98 Å². The van der Waals surface area contributed by atoms with E-state index in [9.17, 15) is 0 Å². The van der Waals surface area contributed by atoms with Gasteiger partial charge in [-0.05, 0) is 50.3 Å². The molecule has 1 aromatic carbocycles. The second kappa shape index (κ2) is 11.2. The van der Waals surface area contributed by atoms with Crippen molar-refractivity contribution in [1.29, 1.82) is 0 Å². The van der Waals surface area contributed by atoms with Crippen molar-refractivity contribution in [2.75, 3.05) is 0 Å². The van der Waals surface area contributed by atoms with Gasteiger partial charge < -0.3 is 0 Å². The molecule has 0 aliphatic carbocycles. The van der Waals surface area contributed by atoms with E-state index in [0.29, 0.717) is 0 Å². The number of aromatic nitrogens is 2. The molecule has 0 saturated heterocycles. The van der Waals surface area contributed by atoms with Gasteiger partial charge in [0.25, 0.3) is 0 Å². The normalized spacial score (nSPS) is 11.5. The molecule has 0 unspecified atom stereocenters. The zero-order chi connectivity index (χ0) is 19.5. The predicted molar refractivity (Wildman–Crippen MR) is 120 cm³/mol. The van der Waals surface area contributed by atoms with E-state index in [0.717, 1.165) is 33.4 Å². The highest BCUT2D eigenvalue weighted by Crippen LogP contribution is 2.29. The molecule has 0 fully saturated rings. The highest BCUT2D eigenvalue weighted by Gasteiger charge is 2.16. The fourth-order valence-corrected chi connectivity index (χ4v) is 2.64. The third-order valence-electron chi connectivity index (χ3n) is 3.47. The minimum absolute atomic E-state index is 0.859. The summed E-state index contributed by atoms with van der Waals surface area (Å²) in [6, 6.07) is 7.98. The minimum atomic E-state index is 0.859. The maximum Gasteiger partial charge on any atom is 0.145 e. The molecule has 0 atom stereocenters. The molecule has 136 valence electrons. The molecule has 0 N–H and O–H groups in total. The predicted octanol–water partition coefficient (Wildman–Crippen LogP) is 7.14. The largest absolute Gasteiger partial charge is 0.292 e. The van der Waals surface area contributed by atoms with Gasteiger partial charge >= 0.3 is 0 Å². The van der Waals surface area contributed by atoms with Crippen molar-refractivity contribution >= 4 is 30.5 Å². The molecule has 0 aliphatic heterocycles. The van der Waals surface area contributed by atoms with Gasteiger partial charge in [-0.15, -0.1) is 12.6 Å². The van der Waals surface area contributed by atoms with Crippen LogP contribution in [0.4, 0.5) is 0 Å². The first-order valence-corrected chi connectivity index (χ1v) is 9.24. The number of imidazole rings is 1. The van der Waals surface area contributed by atoms with Crippen molar-refractivity contribution in [3.8, 4) is 11.4 Å². The van der Waals surface area contributed by atoms with Crippen molar-refractivity contribution in [2.24, 2.45) is 0 Å². The maximum atomic E-state index is 4.83. The fraction of sp³-hybridized carbons (Fsp3) is 0.174. The first kappa shape index (κ1) is 21.5. The summed E-state index contributed by atoms with van der Waals surface area (Å²) in [5.41, 5.74) is 3.84. The molecule has 0 spiro atoms. The molecule has 26 heavy (non-hydrogen) atoms. The van der Waals surface area contributed by atoms with Crippen LogP contribution in [0.1, 0.15) is 39.1 Å². The average molecular weight is 365 g/mol. The van der Waals surface area contributed by atoms with E-state index < -0.39 is 0 Å². The summed E-state index contributed by atoms with van der Waals surface area (Å²) in [4.78, 5) is 5.75. The first-order valence-electron chi connectivity index (χ1n) is 8.79. The molecule has 0 saturated carbocycles. The Morgan fingerprint density at radius 1 is 1.08 bits per heavy atom. The molecule has 3 heteroatoms. The lowest BCUT2D eigenvalue weighted by Crippen LogP contribution is -2.00. The van der Waals surface area contributed by atoms with Gasteiger partial charge in [0.2, 0.25) is 0 Å². The van der Waals surface area contributed by atoms with Gasteiger partial charge in [0.05, 0.1) is 11.4 Å². The van der Waals surface area contributed by atoms with Crippen LogP contribution in [0, 0.1) is 0 Å². The van der Waals surface area contributed by atoms with Crippen molar-refractivity contribution in [3.63, 3.8) is 0 Å². The van der Waals surface area contributed by atoms with Crippen LogP contribution in [0.25, 0.3) is 29.2 Å². The van der Waals surface area contributed by atoms with Crippen molar-refractivity contribution < 1.29 is 0 Å². The Balaban J connectivity index is 0.00000163. The van der Waals surface area contributed by atoms with Gasteiger partial charge in [0.1, 0.15) is 5.82 Å². The molecule has 2 nitrogen and oxygen atoms in total. The van der Waals surface area contributed by atoms with Crippen LogP contribution in [-0.2, 0) is 0 Å². The summed E-state index contributed by atoms with van der Waals surface area (Å²) >= 11 is 4.36. The van der Waals surface area contributed by atoms with E-state index in [2.05, 4.69) is 30.4 Å². The van der Waals surface area contributed by atoms with E-state index in [1.165, 1.54) is 0 Å². The third kappa shape index (κ3) is 4.99. The van der Waals surface area contributed by atoms with Gasteiger partial charge in [-0.1, -0.05) is 57.4 Å². The summed E-state index contributed by atoms with van der Waals surface area (Å²) in [5.74, 6) is 0.859. The lowest BCUT2D eigenvalue weighted by molar-refractivity contribution is 1.09. The summed E-state index contributed by atoms with van der Waals surface area (Å²) in [7, 11) is 0. The Morgan fingerprint density at radius 3 is 2.23 bits per heavy atom. The molecule has 2 rings (SSSR count). The Labute approximate surface area is 163 Å². The topological polar surface area (TPSA) is 17.8 Å². The fourth-order valence-electron chi connectivity index (χ4n) is 2.49. The standard InChI is InChI=1S/C21H22N2S.C2H6/c1-5-9-17(10-6-2)23-20(8-4)19(11-7-3)22-21(23)16-12-14-18(24)15-13-16;1-2/h5-15,24H,1,4H2,2-3H3;1-2H3/b10-6-,11-7-,17-9+;. The lowest BCUT2D eigenvalue weighted by atomic mass is 10.2. The van der Waals surface area contributed by atoms with Gasteiger partial charge in [-0.25, -0.2) is 4.98 Å². The Morgan fingerprint density at radius 2 is 1.73 bits per heavy atom. The van der Waals surface area contributed by atoms with Crippen molar-refractivity contribution in [2.45, 2.75) is 32.6 Å². The smallest absolute Gasteiger partial charge is 0.145 e. The Kier molecular flexibility index (Phi) is 9.24. The molecular weight excluding hydrogens is 336 g/mol. The highest BCUT2D eigenvalue weighted by molar-refractivity contribution is 7.80. The monoisotopic (exact) mass is 364 g/mol. The van der Waals surface area contributed by atoms with Crippen LogP contribution in [0.2, 0.25) is 0 Å². The number of hydrogen-bond acceptors (Lipinski definition) is 2. The average Bonchev–Trinajstić information content (AvgIpc) is 3.02. The van der Waals surface area contributed by atoms with Crippen molar-refractivity contribution in [1.82, 2.24) is 9.55 Å². The number of hydrogen-bond donors (Lipinski definition) is 1. The molecule has 2 aromatic rings. The molecular formula is C23H28N2S. The van der Waals surface area contributed by atoms with Gasteiger partial charge in [-0.3, -0.25) is 4.57 Å². The number of thiol groups is 1. The second-order valence-corrected chi connectivity index (χ2v) is 5.64. The zero-order valence-electron chi connectivity index (χ0n) is 16.1. The number of benzene rings is 1. The van der Waals surface area contributed by atoms with Crippen molar-refractivity contribution in [3.05, 3.63) is 79.2 Å². The second-order valence-electron chi connectivity index (χ2n) is 5.12. The zero-order valence-corrected chi connectivity index (χ0v) is 17.0. The summed E-state index contributed by atoms with van der Waals surface area (Å²) in [5, 5.41) is 0. The van der Waals surface area contributed by atoms with Crippen LogP contribution < -0.4 is 0 Å². The van der Waals surface area contributed by atoms with Crippen LogP contribution in [0.5, 0.6) is 0 Å². The number of allylic oxidation sites excluding steroid dienone is 6. The molecule has 0 bridgehead atoms. The van der Waals surface area contributed by atoms with E-state index in [1.54, 1.807) is 6.08 Å². The van der Waals surface area contributed by atoms with Crippen LogP contribution >= 0.6 is 12.6 Å². The Bertz CT molecular complexity index is 819. The molecule has 1 aromatic heterocycles. The summed E-state index contributed by atoms with van der Waals surface area (Å²) < 4.78 is 2.09. The lowest BCUT2D eigenvalue weighted by Gasteiger charge is -2.11. The van der Waals surface area contributed by atoms with Crippen LogP contribution in [0.15, 0.2) is 72.7 Å². The SMILES string of the molecule is C=C/C=C(\C=C/C)n1c(-c2ccc(S)cc2)nc(/C=C\C)c1C=C.CC. The highest BCUT2D eigenvalue weighted by atomic mass is 32.1. The number of rotatable bonds is 6. The van der Waals surface area contributed by atoms with Gasteiger partial charge in [0.15, 0.2) is 0 Å².